The summed E-state index contributed by atoms with van der Waals surface area (Å²) >= 11 is 3.16. The van der Waals surface area contributed by atoms with E-state index in [0.29, 0.717) is 5.69 Å². The maximum atomic E-state index is 12.3. The molecule has 1 aliphatic heterocycles. The number of benzene rings is 1. The van der Waals surface area contributed by atoms with Crippen molar-refractivity contribution in [3.05, 3.63) is 30.3 Å². The third-order valence-corrected chi connectivity index (χ3v) is 4.61. The van der Waals surface area contributed by atoms with Crippen molar-refractivity contribution < 1.29 is 19.1 Å². The number of esters is 1. The number of nitrogens with zero attached hydrogens (tertiary/aromatic N) is 1. The Morgan fingerprint density at radius 3 is 2.50 bits per heavy atom. The van der Waals surface area contributed by atoms with Crippen molar-refractivity contribution in [1.29, 1.82) is 0 Å². The van der Waals surface area contributed by atoms with Crippen LogP contribution in [-0.2, 0) is 19.1 Å². The van der Waals surface area contributed by atoms with Crippen LogP contribution in [0.3, 0.4) is 0 Å². The molecule has 0 bridgehead atoms. The van der Waals surface area contributed by atoms with Crippen LogP contribution < -0.4 is 4.90 Å². The Hall–Kier alpha value is -1.69. The number of carbonyl (C=O) groups excluding carboxylic acids is 3. The van der Waals surface area contributed by atoms with Gasteiger partial charge >= 0.3 is 5.97 Å². The van der Waals surface area contributed by atoms with E-state index < -0.39 is 28.0 Å². The molecule has 0 aromatic heterocycles. The predicted molar refractivity (Wildman–Crippen MR) is 76.7 cm³/mol. The standard InChI is InChI=1S/C14H14BrNO4/c1-3-20-13(19)14(2)11(15)10(17)12(18)16(14)9-7-5-4-6-8-9/h4-8,11H,3H2,1-2H3/t11-,14+/m0/s1. The molecule has 20 heavy (non-hydrogen) atoms. The van der Waals surface area contributed by atoms with E-state index in [1.165, 1.54) is 11.8 Å². The van der Waals surface area contributed by atoms with Crippen molar-refractivity contribution in [2.75, 3.05) is 11.5 Å². The summed E-state index contributed by atoms with van der Waals surface area (Å²) in [5.74, 6) is -1.97. The molecule has 0 radical (unpaired) electrons. The molecule has 0 aliphatic carbocycles. The zero-order valence-corrected chi connectivity index (χ0v) is 12.7. The number of anilines is 1. The van der Waals surface area contributed by atoms with E-state index in [9.17, 15) is 14.4 Å². The van der Waals surface area contributed by atoms with Crippen LogP contribution in [-0.4, -0.2) is 34.6 Å². The maximum Gasteiger partial charge on any atom is 0.333 e. The van der Waals surface area contributed by atoms with Gasteiger partial charge in [0, 0.05) is 5.69 Å². The van der Waals surface area contributed by atoms with Crippen molar-refractivity contribution in [2.45, 2.75) is 24.2 Å². The fourth-order valence-electron chi connectivity index (χ4n) is 2.23. The fourth-order valence-corrected chi connectivity index (χ4v) is 2.82. The van der Waals surface area contributed by atoms with Crippen LogP contribution in [0, 0.1) is 0 Å². The molecular formula is C14H14BrNO4. The second-order valence-corrected chi connectivity index (χ2v) is 5.49. The van der Waals surface area contributed by atoms with Crippen molar-refractivity contribution in [2.24, 2.45) is 0 Å². The van der Waals surface area contributed by atoms with Crippen molar-refractivity contribution in [1.82, 2.24) is 0 Å². The third kappa shape index (κ3) is 2.04. The van der Waals surface area contributed by atoms with Gasteiger partial charge in [0.2, 0.25) is 5.78 Å². The van der Waals surface area contributed by atoms with Crippen LogP contribution in [0.4, 0.5) is 5.69 Å². The minimum absolute atomic E-state index is 0.180. The van der Waals surface area contributed by atoms with Gasteiger partial charge in [-0.1, -0.05) is 34.1 Å². The van der Waals surface area contributed by atoms with Crippen LogP contribution in [0.25, 0.3) is 0 Å². The number of ether oxygens (including phenoxy) is 1. The van der Waals surface area contributed by atoms with Gasteiger partial charge in [-0.15, -0.1) is 0 Å². The SMILES string of the molecule is CCOC(=O)[C@@]1(C)[C@@H](Br)C(=O)C(=O)N1c1ccccc1. The van der Waals surface area contributed by atoms with Gasteiger partial charge in [-0.3, -0.25) is 14.5 Å². The number of rotatable bonds is 3. The van der Waals surface area contributed by atoms with Crippen LogP contribution in [0.2, 0.25) is 0 Å². The highest BCUT2D eigenvalue weighted by atomic mass is 79.9. The number of amides is 1. The maximum absolute atomic E-state index is 12.3. The largest absolute Gasteiger partial charge is 0.464 e. The summed E-state index contributed by atoms with van der Waals surface area (Å²) in [5.41, 5.74) is -0.894. The third-order valence-electron chi connectivity index (χ3n) is 3.31. The number of carbonyl (C=O) groups is 3. The fraction of sp³-hybridized carbons (Fsp3) is 0.357. The van der Waals surface area contributed by atoms with Gasteiger partial charge in [0.25, 0.3) is 5.91 Å². The smallest absolute Gasteiger partial charge is 0.333 e. The van der Waals surface area contributed by atoms with Crippen molar-refractivity contribution >= 4 is 39.3 Å². The highest BCUT2D eigenvalue weighted by Crippen LogP contribution is 2.38. The van der Waals surface area contributed by atoms with E-state index in [1.54, 1.807) is 37.3 Å². The highest BCUT2D eigenvalue weighted by molar-refractivity contribution is 9.10. The summed E-state index contributed by atoms with van der Waals surface area (Å²) in [4.78, 5) is 36.7. The number of hydrogen-bond donors (Lipinski definition) is 0. The Morgan fingerprint density at radius 2 is 1.95 bits per heavy atom. The Morgan fingerprint density at radius 1 is 1.35 bits per heavy atom. The summed E-state index contributed by atoms with van der Waals surface area (Å²) in [5, 5.41) is 0. The molecule has 0 N–H and O–H groups in total. The summed E-state index contributed by atoms with van der Waals surface area (Å²) in [6, 6.07) is 8.61. The quantitative estimate of drug-likeness (QED) is 0.477. The normalized spacial score (nSPS) is 25.9. The number of para-hydroxylation sites is 1. The molecule has 0 saturated carbocycles. The Balaban J connectivity index is 2.53. The molecule has 0 spiro atoms. The Kier molecular flexibility index (Phi) is 3.94. The van der Waals surface area contributed by atoms with Gasteiger partial charge < -0.3 is 4.74 Å². The Bertz CT molecular complexity index is 560. The van der Waals surface area contributed by atoms with Crippen LogP contribution in [0.1, 0.15) is 13.8 Å². The van der Waals surface area contributed by atoms with E-state index in [0.717, 1.165) is 0 Å². The highest BCUT2D eigenvalue weighted by Gasteiger charge is 2.60. The van der Waals surface area contributed by atoms with Crippen molar-refractivity contribution in [3.8, 4) is 0 Å². The summed E-state index contributed by atoms with van der Waals surface area (Å²) in [6.45, 7) is 3.38. The molecular weight excluding hydrogens is 326 g/mol. The zero-order valence-electron chi connectivity index (χ0n) is 11.1. The second-order valence-electron chi connectivity index (χ2n) is 4.57. The lowest BCUT2D eigenvalue weighted by molar-refractivity contribution is -0.149. The number of ketones is 1. The van der Waals surface area contributed by atoms with E-state index in [1.807, 2.05) is 0 Å². The molecule has 1 aromatic rings. The minimum Gasteiger partial charge on any atom is -0.464 e. The van der Waals surface area contributed by atoms with Crippen LogP contribution >= 0.6 is 15.9 Å². The average Bonchev–Trinajstić information content (AvgIpc) is 2.62. The summed E-state index contributed by atoms with van der Waals surface area (Å²) in [7, 11) is 0. The van der Waals surface area contributed by atoms with E-state index in [-0.39, 0.29) is 6.61 Å². The van der Waals surface area contributed by atoms with Gasteiger partial charge in [0.1, 0.15) is 4.83 Å². The monoisotopic (exact) mass is 339 g/mol. The number of hydrogen-bond acceptors (Lipinski definition) is 4. The zero-order chi connectivity index (χ0) is 14.9. The topological polar surface area (TPSA) is 63.7 Å². The molecule has 1 aromatic carbocycles. The molecule has 2 atom stereocenters. The predicted octanol–water partition coefficient (Wildman–Crippen LogP) is 1.69. The first-order chi connectivity index (χ1) is 9.44. The molecule has 6 heteroatoms. The minimum atomic E-state index is -1.38. The van der Waals surface area contributed by atoms with Gasteiger partial charge in [-0.05, 0) is 26.0 Å². The molecule has 1 aliphatic rings. The second kappa shape index (κ2) is 5.36. The average molecular weight is 340 g/mol. The van der Waals surface area contributed by atoms with Crippen LogP contribution in [0.5, 0.6) is 0 Å². The summed E-state index contributed by atoms with van der Waals surface area (Å²) in [6.07, 6.45) is 0. The summed E-state index contributed by atoms with van der Waals surface area (Å²) < 4.78 is 5.03. The molecule has 1 heterocycles. The number of halogens is 1. The number of alkyl halides is 1. The lowest BCUT2D eigenvalue weighted by Gasteiger charge is -2.33. The first-order valence-electron chi connectivity index (χ1n) is 6.19. The van der Waals surface area contributed by atoms with E-state index in [4.69, 9.17) is 4.74 Å². The van der Waals surface area contributed by atoms with E-state index in [2.05, 4.69) is 15.9 Å². The molecule has 0 unspecified atom stereocenters. The van der Waals surface area contributed by atoms with E-state index >= 15 is 0 Å². The van der Waals surface area contributed by atoms with Crippen LogP contribution in [0.15, 0.2) is 30.3 Å². The van der Waals surface area contributed by atoms with Gasteiger partial charge in [-0.25, -0.2) is 4.79 Å². The molecule has 1 fully saturated rings. The van der Waals surface area contributed by atoms with Gasteiger partial charge in [0.05, 0.1) is 6.61 Å². The lowest BCUT2D eigenvalue weighted by Crippen LogP contribution is -2.55. The number of Topliss-reactive ketones (excluding diaryl/α,β-unsaturated/α-hetero) is 1. The molecule has 1 saturated heterocycles. The van der Waals surface area contributed by atoms with Gasteiger partial charge in [0.15, 0.2) is 5.54 Å². The molecule has 1 amide bonds. The first-order valence-corrected chi connectivity index (χ1v) is 7.11. The lowest BCUT2D eigenvalue weighted by atomic mass is 9.98. The first kappa shape index (κ1) is 14.7. The Labute approximate surface area is 125 Å². The molecule has 2 rings (SSSR count). The van der Waals surface area contributed by atoms with Crippen molar-refractivity contribution in [3.63, 3.8) is 0 Å². The van der Waals surface area contributed by atoms with Gasteiger partial charge in [-0.2, -0.15) is 0 Å². The molecule has 106 valence electrons. The molecule has 5 nitrogen and oxygen atoms in total.